The van der Waals surface area contributed by atoms with Gasteiger partial charge in [-0.05, 0) is 18.2 Å². The standard InChI is InChI=1S/C14H12ClF2NO2S/c15-11-6-7-12(18)13(8-11)21(19,20)9-14(16,17)10-4-2-1-3-5-10/h1-8H,9,18H2. The van der Waals surface area contributed by atoms with Crippen LogP contribution in [0.15, 0.2) is 53.4 Å². The Hall–Kier alpha value is -1.66. The predicted octanol–water partition coefficient (Wildman–Crippen LogP) is 3.49. The number of sulfone groups is 1. The molecule has 0 fully saturated rings. The van der Waals surface area contributed by atoms with E-state index in [1.165, 1.54) is 36.4 Å². The number of hydrogen-bond acceptors (Lipinski definition) is 3. The first kappa shape index (κ1) is 15.7. The van der Waals surface area contributed by atoms with Crippen molar-refractivity contribution in [3.63, 3.8) is 0 Å². The molecule has 0 amide bonds. The zero-order valence-corrected chi connectivity index (χ0v) is 12.3. The summed E-state index contributed by atoms with van der Waals surface area (Å²) in [5.41, 5.74) is 5.08. The van der Waals surface area contributed by atoms with Crippen molar-refractivity contribution in [1.82, 2.24) is 0 Å². The molecule has 0 aliphatic rings. The first-order valence-corrected chi connectivity index (χ1v) is 7.96. The van der Waals surface area contributed by atoms with Crippen LogP contribution in [0, 0.1) is 0 Å². The molecule has 7 heteroatoms. The van der Waals surface area contributed by atoms with Crippen molar-refractivity contribution in [2.24, 2.45) is 0 Å². The van der Waals surface area contributed by atoms with Crippen LogP contribution in [0.4, 0.5) is 14.5 Å². The van der Waals surface area contributed by atoms with Crippen molar-refractivity contribution in [2.45, 2.75) is 10.8 Å². The van der Waals surface area contributed by atoms with Gasteiger partial charge in [-0.25, -0.2) is 17.2 Å². The van der Waals surface area contributed by atoms with Crippen molar-refractivity contribution >= 4 is 27.1 Å². The molecule has 2 N–H and O–H groups in total. The fourth-order valence-electron chi connectivity index (χ4n) is 1.86. The van der Waals surface area contributed by atoms with E-state index in [0.29, 0.717) is 0 Å². The third-order valence-corrected chi connectivity index (χ3v) is 4.88. The Kier molecular flexibility index (Phi) is 4.20. The van der Waals surface area contributed by atoms with Crippen molar-refractivity contribution in [3.8, 4) is 0 Å². The molecule has 112 valence electrons. The van der Waals surface area contributed by atoms with E-state index in [4.69, 9.17) is 17.3 Å². The van der Waals surface area contributed by atoms with E-state index in [0.717, 1.165) is 6.07 Å². The minimum atomic E-state index is -4.28. The van der Waals surface area contributed by atoms with E-state index in [-0.39, 0.29) is 21.2 Å². The summed E-state index contributed by atoms with van der Waals surface area (Å²) in [5.74, 6) is -4.89. The van der Waals surface area contributed by atoms with Crippen LogP contribution in [0.1, 0.15) is 5.56 Å². The lowest BCUT2D eigenvalue weighted by molar-refractivity contribution is 0.0213. The van der Waals surface area contributed by atoms with Crippen LogP contribution < -0.4 is 5.73 Å². The highest BCUT2D eigenvalue weighted by Gasteiger charge is 2.38. The fraction of sp³-hybridized carbons (Fsp3) is 0.143. The highest BCUT2D eigenvalue weighted by atomic mass is 35.5. The molecule has 0 bridgehead atoms. The molecule has 2 aromatic carbocycles. The molecular weight excluding hydrogens is 320 g/mol. The van der Waals surface area contributed by atoms with Crippen molar-refractivity contribution in [3.05, 3.63) is 59.1 Å². The Morgan fingerprint density at radius 3 is 2.33 bits per heavy atom. The minimum Gasteiger partial charge on any atom is -0.398 e. The normalized spacial score (nSPS) is 12.3. The molecule has 0 atom stereocenters. The molecule has 0 radical (unpaired) electrons. The summed E-state index contributed by atoms with van der Waals surface area (Å²) in [6.07, 6.45) is 0. The zero-order chi connectivity index (χ0) is 15.7. The topological polar surface area (TPSA) is 60.2 Å². The molecule has 3 nitrogen and oxygen atoms in total. The summed E-state index contributed by atoms with van der Waals surface area (Å²) >= 11 is 5.70. The Labute approximate surface area is 126 Å². The SMILES string of the molecule is Nc1ccc(Cl)cc1S(=O)(=O)CC(F)(F)c1ccccc1. The molecule has 2 aromatic rings. The number of rotatable bonds is 4. The first-order chi connectivity index (χ1) is 9.72. The highest BCUT2D eigenvalue weighted by molar-refractivity contribution is 7.91. The average molecular weight is 332 g/mol. The summed E-state index contributed by atoms with van der Waals surface area (Å²) < 4.78 is 52.6. The van der Waals surface area contributed by atoms with Crippen LogP contribution in [-0.4, -0.2) is 14.2 Å². The van der Waals surface area contributed by atoms with E-state index < -0.39 is 21.5 Å². The maximum Gasteiger partial charge on any atom is 0.287 e. The number of benzene rings is 2. The van der Waals surface area contributed by atoms with Gasteiger partial charge in [-0.15, -0.1) is 0 Å². The molecule has 2 rings (SSSR count). The molecule has 0 aliphatic carbocycles. The van der Waals surface area contributed by atoms with Crippen LogP contribution in [0.25, 0.3) is 0 Å². The van der Waals surface area contributed by atoms with Gasteiger partial charge in [-0.1, -0.05) is 41.9 Å². The monoisotopic (exact) mass is 331 g/mol. The van der Waals surface area contributed by atoms with Gasteiger partial charge in [-0.3, -0.25) is 0 Å². The van der Waals surface area contributed by atoms with Gasteiger partial charge in [0.15, 0.2) is 9.84 Å². The maximum atomic E-state index is 14.1. The predicted molar refractivity (Wildman–Crippen MR) is 78.3 cm³/mol. The summed E-state index contributed by atoms with van der Waals surface area (Å²) in [6, 6.07) is 10.5. The van der Waals surface area contributed by atoms with Crippen molar-refractivity contribution in [2.75, 3.05) is 11.5 Å². The van der Waals surface area contributed by atoms with Crippen LogP contribution in [-0.2, 0) is 15.8 Å². The van der Waals surface area contributed by atoms with E-state index >= 15 is 0 Å². The fourth-order valence-corrected chi connectivity index (χ4v) is 3.63. The maximum absolute atomic E-state index is 14.1. The van der Waals surface area contributed by atoms with E-state index in [1.54, 1.807) is 6.07 Å². The summed E-state index contributed by atoms with van der Waals surface area (Å²) in [6.45, 7) is 0. The minimum absolute atomic E-state index is 0.108. The zero-order valence-electron chi connectivity index (χ0n) is 10.8. The average Bonchev–Trinajstić information content (AvgIpc) is 2.41. The van der Waals surface area contributed by atoms with Gasteiger partial charge in [0.2, 0.25) is 0 Å². The number of nitrogen functional groups attached to an aromatic ring is 1. The largest absolute Gasteiger partial charge is 0.398 e. The van der Waals surface area contributed by atoms with Gasteiger partial charge < -0.3 is 5.73 Å². The Morgan fingerprint density at radius 2 is 1.71 bits per heavy atom. The second-order valence-corrected chi connectivity index (χ2v) is 6.91. The lowest BCUT2D eigenvalue weighted by atomic mass is 10.1. The number of nitrogens with two attached hydrogens (primary N) is 1. The summed E-state index contributed by atoms with van der Waals surface area (Å²) in [5, 5.41) is 0.116. The molecule has 0 unspecified atom stereocenters. The number of anilines is 1. The van der Waals surface area contributed by atoms with Crippen LogP contribution in [0.5, 0.6) is 0 Å². The molecule has 0 heterocycles. The number of halogens is 3. The Balaban J connectivity index is 2.40. The third kappa shape index (κ3) is 3.51. The van der Waals surface area contributed by atoms with Gasteiger partial charge in [0.05, 0.1) is 10.6 Å². The second-order valence-electron chi connectivity index (χ2n) is 4.51. The van der Waals surface area contributed by atoms with Gasteiger partial charge in [0, 0.05) is 10.6 Å². The lowest BCUT2D eigenvalue weighted by Gasteiger charge is -2.17. The summed E-state index contributed by atoms with van der Waals surface area (Å²) in [4.78, 5) is -0.384. The number of hydrogen-bond donors (Lipinski definition) is 1. The third-order valence-electron chi connectivity index (χ3n) is 2.88. The van der Waals surface area contributed by atoms with Crippen molar-refractivity contribution in [1.29, 1.82) is 0 Å². The van der Waals surface area contributed by atoms with Gasteiger partial charge in [0.1, 0.15) is 5.75 Å². The molecule has 21 heavy (non-hydrogen) atoms. The van der Waals surface area contributed by atoms with Gasteiger partial charge in [-0.2, -0.15) is 0 Å². The lowest BCUT2D eigenvalue weighted by Crippen LogP contribution is -2.26. The van der Waals surface area contributed by atoms with E-state index in [9.17, 15) is 17.2 Å². The van der Waals surface area contributed by atoms with E-state index in [1.807, 2.05) is 0 Å². The number of alkyl halides is 2. The molecule has 0 saturated heterocycles. The molecule has 0 aromatic heterocycles. The molecule has 0 saturated carbocycles. The second kappa shape index (κ2) is 5.61. The van der Waals surface area contributed by atoms with Crippen LogP contribution in [0.2, 0.25) is 5.02 Å². The first-order valence-electron chi connectivity index (χ1n) is 5.93. The molecule has 0 spiro atoms. The molecular formula is C14H12ClF2NO2S. The Morgan fingerprint density at radius 1 is 1.10 bits per heavy atom. The summed E-state index contributed by atoms with van der Waals surface area (Å²) in [7, 11) is -4.28. The van der Waals surface area contributed by atoms with Crippen LogP contribution in [0.3, 0.4) is 0 Å². The van der Waals surface area contributed by atoms with Crippen molar-refractivity contribution < 1.29 is 17.2 Å². The van der Waals surface area contributed by atoms with Gasteiger partial charge in [0.25, 0.3) is 5.92 Å². The smallest absolute Gasteiger partial charge is 0.287 e. The quantitative estimate of drug-likeness (QED) is 0.872. The van der Waals surface area contributed by atoms with E-state index in [2.05, 4.69) is 0 Å². The van der Waals surface area contributed by atoms with Crippen LogP contribution >= 0.6 is 11.6 Å². The Bertz CT molecular complexity index is 749. The molecule has 0 aliphatic heterocycles. The highest BCUT2D eigenvalue weighted by Crippen LogP contribution is 2.33. The van der Waals surface area contributed by atoms with Gasteiger partial charge >= 0.3 is 0 Å².